The summed E-state index contributed by atoms with van der Waals surface area (Å²) in [5.41, 5.74) is 6.37. The molecule has 0 fully saturated rings. The fourth-order valence-electron chi connectivity index (χ4n) is 7.58. The topological polar surface area (TPSA) is 146 Å². The average Bonchev–Trinajstić information content (AvgIpc) is 3.23. The van der Waals surface area contributed by atoms with Crippen LogP contribution in [0.3, 0.4) is 0 Å². The van der Waals surface area contributed by atoms with E-state index in [0.717, 1.165) is 29.5 Å². The van der Waals surface area contributed by atoms with Gasteiger partial charge in [0.1, 0.15) is 23.8 Å². The molecule has 0 radical (unpaired) electrons. The van der Waals surface area contributed by atoms with Crippen LogP contribution >= 0.6 is 8.25 Å². The molecule has 0 aliphatic rings. The molecule has 4 N–H and O–H groups in total. The molecule has 4 rings (SSSR count). The van der Waals surface area contributed by atoms with Gasteiger partial charge in [0.15, 0.2) is 0 Å². The molecule has 4 aromatic rings. The zero-order chi connectivity index (χ0) is 40.6. The monoisotopic (exact) mass is 802 g/mol. The first-order valence-electron chi connectivity index (χ1n) is 21.1. The first kappa shape index (κ1) is 45.9. The van der Waals surface area contributed by atoms with Crippen molar-refractivity contribution in [3.8, 4) is 0 Å². The lowest BCUT2D eigenvalue weighted by Gasteiger charge is -2.41. The van der Waals surface area contributed by atoms with Crippen molar-refractivity contribution < 1.29 is 28.6 Å². The number of nitrogen functional groups attached to an aromatic ring is 1. The molecule has 0 spiro atoms. The molecule has 3 aromatic carbocycles. The quantitative estimate of drug-likeness (QED) is 0.0266. The molecule has 3 unspecified atom stereocenters. The van der Waals surface area contributed by atoms with E-state index in [0.29, 0.717) is 19.6 Å². The molecule has 0 aliphatic carbocycles. The third kappa shape index (κ3) is 15.2. The summed E-state index contributed by atoms with van der Waals surface area (Å²) < 4.78 is 32.2. The number of ether oxygens (including phenoxy) is 2. The van der Waals surface area contributed by atoms with Crippen LogP contribution in [0.2, 0.25) is 0 Å². The maximum atomic E-state index is 13.6. The lowest BCUT2D eigenvalue weighted by molar-refractivity contribution is -0.132. The molecule has 0 amide bonds. The number of benzene rings is 3. The second kappa shape index (κ2) is 26.3. The van der Waals surface area contributed by atoms with Gasteiger partial charge in [0.05, 0.1) is 6.61 Å². The molecule has 310 valence electrons. The minimum absolute atomic E-state index is 0.0467. The molecule has 0 saturated heterocycles. The molecule has 0 saturated carbocycles. The van der Waals surface area contributed by atoms with Gasteiger partial charge in [0.25, 0.3) is 0 Å². The van der Waals surface area contributed by atoms with Gasteiger partial charge >= 0.3 is 13.9 Å². The molecule has 4 atom stereocenters. The second-order valence-corrected chi connectivity index (χ2v) is 15.7. The normalized spacial score (nSPS) is 13.6. The Kier molecular flexibility index (Phi) is 21.2. The maximum absolute atomic E-state index is 13.6. The van der Waals surface area contributed by atoms with Gasteiger partial charge in [-0.25, -0.2) is 4.79 Å². The molecule has 0 bridgehead atoms. The Balaban J connectivity index is 1.43. The minimum atomic E-state index is -2.97. The van der Waals surface area contributed by atoms with Gasteiger partial charge in [0.2, 0.25) is 0 Å². The number of hydrogen-bond donors (Lipinski definition) is 3. The Morgan fingerprint density at radius 1 is 0.719 bits per heavy atom. The van der Waals surface area contributed by atoms with E-state index in [1.54, 1.807) is 0 Å². The van der Waals surface area contributed by atoms with Gasteiger partial charge in [-0.3, -0.25) is 4.57 Å². The Morgan fingerprint density at radius 3 is 1.63 bits per heavy atom. The van der Waals surface area contributed by atoms with Gasteiger partial charge < -0.3 is 20.3 Å². The summed E-state index contributed by atoms with van der Waals surface area (Å²) in [5.74, 6) is -0.750. The van der Waals surface area contributed by atoms with Crippen molar-refractivity contribution in [1.29, 1.82) is 0 Å². The zero-order valence-corrected chi connectivity index (χ0v) is 34.7. The van der Waals surface area contributed by atoms with Crippen molar-refractivity contribution >= 4 is 14.1 Å². The third-order valence-corrected chi connectivity index (χ3v) is 11.1. The molecule has 0 aliphatic heterocycles. The third-order valence-electron chi connectivity index (χ3n) is 10.6. The van der Waals surface area contributed by atoms with Crippen molar-refractivity contribution in [2.45, 2.75) is 128 Å². The fraction of sp³-hybridized carbons (Fsp3) is 0.522. The van der Waals surface area contributed by atoms with Crippen LogP contribution in [-0.4, -0.2) is 45.5 Å². The standard InChI is InChI=1S/C46H64N3O7P/c1-2-3-4-5-6-7-8-9-10-11-12-13-14-24-34-54-35-32-42(56-57(52)53)36-38(37-50)44(49-33-31-43(47)48-45(49)51)55-46(39-25-18-15-19-26-39,40-27-20-16-21-28-40)41-29-22-17-23-30-41/h15-23,25-31,33,38,42,44,50H,2-14,24,32,34-37H2,1H3,(H2-,47,48,51,52,53)/p+1/t38?,42?,44-/m0/s1. The summed E-state index contributed by atoms with van der Waals surface area (Å²) in [7, 11) is -2.97. The number of nitrogens with two attached hydrogens (primary N) is 1. The maximum Gasteiger partial charge on any atom is 0.694 e. The molecule has 11 heteroatoms. The number of aliphatic hydroxyl groups excluding tert-OH is 1. The van der Waals surface area contributed by atoms with E-state index in [4.69, 9.17) is 19.7 Å². The summed E-state index contributed by atoms with van der Waals surface area (Å²) in [4.78, 5) is 27.5. The highest BCUT2D eigenvalue weighted by Crippen LogP contribution is 2.45. The van der Waals surface area contributed by atoms with Gasteiger partial charge in [-0.1, -0.05) is 181 Å². The summed E-state index contributed by atoms with van der Waals surface area (Å²) in [6, 6.07) is 30.6. The van der Waals surface area contributed by atoms with Crippen molar-refractivity contribution in [2.24, 2.45) is 5.92 Å². The van der Waals surface area contributed by atoms with Gasteiger partial charge in [-0.15, -0.1) is 9.42 Å². The van der Waals surface area contributed by atoms with Crippen LogP contribution in [0.1, 0.15) is 133 Å². The molecule has 1 aromatic heterocycles. The number of aromatic nitrogens is 2. The Labute approximate surface area is 340 Å². The Morgan fingerprint density at radius 2 is 1.19 bits per heavy atom. The Hall–Kier alpha value is -3.76. The van der Waals surface area contributed by atoms with Crippen molar-refractivity contribution in [1.82, 2.24) is 9.55 Å². The molecule has 57 heavy (non-hydrogen) atoms. The highest BCUT2D eigenvalue weighted by atomic mass is 31.1. The number of rotatable bonds is 30. The molecular weight excluding hydrogens is 737 g/mol. The van der Waals surface area contributed by atoms with Crippen LogP contribution in [0.5, 0.6) is 0 Å². The van der Waals surface area contributed by atoms with E-state index >= 15 is 0 Å². The summed E-state index contributed by atoms with van der Waals surface area (Å²) >= 11 is 0. The van der Waals surface area contributed by atoms with Crippen LogP contribution < -0.4 is 11.4 Å². The zero-order valence-electron chi connectivity index (χ0n) is 33.8. The summed E-state index contributed by atoms with van der Waals surface area (Å²) in [6.07, 6.45) is 17.9. The summed E-state index contributed by atoms with van der Waals surface area (Å²) in [6.45, 7) is 2.72. The van der Waals surface area contributed by atoms with Crippen LogP contribution in [0.25, 0.3) is 0 Å². The van der Waals surface area contributed by atoms with Gasteiger partial charge in [0, 0.05) is 36.3 Å². The van der Waals surface area contributed by atoms with E-state index in [1.807, 2.05) is 91.0 Å². The van der Waals surface area contributed by atoms with E-state index in [-0.39, 0.29) is 12.2 Å². The van der Waals surface area contributed by atoms with E-state index in [2.05, 4.69) is 11.9 Å². The number of aliphatic hydroxyl groups is 1. The number of anilines is 1. The number of nitrogens with zero attached hydrogens (tertiary/aromatic N) is 2. The lowest BCUT2D eigenvalue weighted by atomic mass is 9.79. The van der Waals surface area contributed by atoms with E-state index in [1.165, 1.54) is 93.9 Å². The highest BCUT2D eigenvalue weighted by molar-refractivity contribution is 7.32. The second-order valence-electron chi connectivity index (χ2n) is 15.0. The first-order chi connectivity index (χ1) is 27.9. The van der Waals surface area contributed by atoms with Gasteiger partial charge in [-0.05, 0) is 35.6 Å². The number of unbranched alkanes of at least 4 members (excludes halogenated alkanes) is 13. The largest absolute Gasteiger partial charge is 0.694 e. The van der Waals surface area contributed by atoms with Crippen LogP contribution in [-0.2, 0) is 24.2 Å². The summed E-state index contributed by atoms with van der Waals surface area (Å²) in [5, 5.41) is 11.1. The van der Waals surface area contributed by atoms with Crippen LogP contribution in [0.15, 0.2) is 108 Å². The predicted molar refractivity (Wildman–Crippen MR) is 228 cm³/mol. The first-order valence-corrected chi connectivity index (χ1v) is 22.2. The van der Waals surface area contributed by atoms with Crippen molar-refractivity contribution in [3.05, 3.63) is 130 Å². The molecule has 10 nitrogen and oxygen atoms in total. The SMILES string of the molecule is CCCCCCCCCCCCCCCCOCCC(CC(CO)[C@H](OC(c1ccccc1)(c1ccccc1)c1ccccc1)n1ccc(N)nc1=O)O[P+](=O)O. The minimum Gasteiger partial charge on any atom is -0.396 e. The van der Waals surface area contributed by atoms with Gasteiger partial charge in [-0.2, -0.15) is 4.98 Å². The van der Waals surface area contributed by atoms with Crippen molar-refractivity contribution in [2.75, 3.05) is 25.6 Å². The van der Waals surface area contributed by atoms with E-state index < -0.39 is 44.4 Å². The predicted octanol–water partition coefficient (Wildman–Crippen LogP) is 10.3. The molecule has 1 heterocycles. The highest BCUT2D eigenvalue weighted by Gasteiger charge is 2.43. The number of hydrogen-bond acceptors (Lipinski definition) is 8. The van der Waals surface area contributed by atoms with E-state index in [9.17, 15) is 19.4 Å². The average molecular weight is 803 g/mol. The Bertz CT molecular complexity index is 1630. The lowest BCUT2D eigenvalue weighted by Crippen LogP contribution is -2.43. The smallest absolute Gasteiger partial charge is 0.396 e. The van der Waals surface area contributed by atoms with Crippen LogP contribution in [0.4, 0.5) is 5.82 Å². The fourth-order valence-corrected chi connectivity index (χ4v) is 8.03. The molecular formula is C46H65N3O7P+. The van der Waals surface area contributed by atoms with Crippen molar-refractivity contribution in [3.63, 3.8) is 0 Å². The van der Waals surface area contributed by atoms with Crippen LogP contribution in [0, 0.1) is 5.92 Å².